The van der Waals surface area contributed by atoms with Crippen LogP contribution in [-0.2, 0) is 19.5 Å². The molecule has 2 heterocycles. The number of nitrogens with zero attached hydrogens (tertiary/aromatic N) is 1. The molecule has 0 radical (unpaired) electrons. The standard InChI is InChI=1S/C17H21BrN2S/c1-12(2)19-10-13-3-4-15(9-16(13)18)20-7-5-17-14(11-20)6-8-21-17/h3-4,6,8-9,12,19H,5,7,10-11H2,1-2H3. The number of hydrogen-bond donors (Lipinski definition) is 1. The maximum atomic E-state index is 3.72. The molecule has 0 unspecified atom stereocenters. The van der Waals surface area contributed by atoms with Crippen molar-refractivity contribution < 1.29 is 0 Å². The Morgan fingerprint density at radius 1 is 1.33 bits per heavy atom. The Morgan fingerprint density at radius 2 is 2.19 bits per heavy atom. The van der Waals surface area contributed by atoms with E-state index >= 15 is 0 Å². The Kier molecular flexibility index (Phi) is 4.67. The Hall–Kier alpha value is -0.840. The fraction of sp³-hybridized carbons (Fsp3) is 0.412. The average Bonchev–Trinajstić information content (AvgIpc) is 2.93. The van der Waals surface area contributed by atoms with Crippen molar-refractivity contribution in [2.24, 2.45) is 0 Å². The van der Waals surface area contributed by atoms with Crippen LogP contribution in [0.2, 0.25) is 0 Å². The first-order valence-electron chi connectivity index (χ1n) is 7.45. The third-order valence-electron chi connectivity index (χ3n) is 3.91. The molecule has 0 amide bonds. The largest absolute Gasteiger partial charge is 0.367 e. The van der Waals surface area contributed by atoms with E-state index in [0.717, 1.165) is 19.6 Å². The predicted octanol–water partition coefficient (Wildman–Crippen LogP) is 4.57. The summed E-state index contributed by atoms with van der Waals surface area (Å²) in [7, 11) is 0. The van der Waals surface area contributed by atoms with Gasteiger partial charge in [0, 0.05) is 40.7 Å². The van der Waals surface area contributed by atoms with Gasteiger partial charge in [0.2, 0.25) is 0 Å². The molecule has 2 aromatic rings. The zero-order valence-corrected chi connectivity index (χ0v) is 14.9. The summed E-state index contributed by atoms with van der Waals surface area (Å²) < 4.78 is 1.20. The number of nitrogens with one attached hydrogen (secondary N) is 1. The lowest BCUT2D eigenvalue weighted by Gasteiger charge is -2.29. The van der Waals surface area contributed by atoms with Crippen LogP contribution in [0.25, 0.3) is 0 Å². The third-order valence-corrected chi connectivity index (χ3v) is 5.67. The topological polar surface area (TPSA) is 15.3 Å². The molecule has 1 aromatic carbocycles. The second-order valence-corrected chi connectivity index (χ2v) is 7.71. The normalized spacial score (nSPS) is 14.6. The second-order valence-electron chi connectivity index (χ2n) is 5.85. The lowest BCUT2D eigenvalue weighted by atomic mass is 10.1. The van der Waals surface area contributed by atoms with Gasteiger partial charge in [0.15, 0.2) is 0 Å². The number of benzene rings is 1. The number of anilines is 1. The second kappa shape index (κ2) is 6.51. The minimum atomic E-state index is 0.510. The van der Waals surface area contributed by atoms with E-state index in [4.69, 9.17) is 0 Å². The molecule has 21 heavy (non-hydrogen) atoms. The average molecular weight is 365 g/mol. The van der Waals surface area contributed by atoms with Gasteiger partial charge in [0.05, 0.1) is 0 Å². The maximum Gasteiger partial charge on any atom is 0.0440 e. The smallest absolute Gasteiger partial charge is 0.0440 e. The van der Waals surface area contributed by atoms with Crippen molar-refractivity contribution in [3.8, 4) is 0 Å². The van der Waals surface area contributed by atoms with E-state index in [-0.39, 0.29) is 0 Å². The molecule has 0 atom stereocenters. The molecular formula is C17H21BrN2S. The number of fused-ring (bicyclic) bond motifs is 1. The summed E-state index contributed by atoms with van der Waals surface area (Å²) in [6.07, 6.45) is 1.17. The van der Waals surface area contributed by atoms with Gasteiger partial charge in [-0.15, -0.1) is 11.3 Å². The van der Waals surface area contributed by atoms with Crippen molar-refractivity contribution in [3.05, 3.63) is 50.1 Å². The molecule has 1 aliphatic heterocycles. The number of hydrogen-bond acceptors (Lipinski definition) is 3. The van der Waals surface area contributed by atoms with E-state index in [1.54, 1.807) is 4.88 Å². The van der Waals surface area contributed by atoms with Crippen molar-refractivity contribution in [2.75, 3.05) is 11.4 Å². The fourth-order valence-electron chi connectivity index (χ4n) is 2.66. The van der Waals surface area contributed by atoms with Crippen LogP contribution in [0.1, 0.15) is 29.9 Å². The van der Waals surface area contributed by atoms with E-state index in [9.17, 15) is 0 Å². The van der Waals surface area contributed by atoms with Crippen LogP contribution in [0.4, 0.5) is 5.69 Å². The molecule has 0 bridgehead atoms. The molecular weight excluding hydrogens is 344 g/mol. The molecule has 0 fully saturated rings. The van der Waals surface area contributed by atoms with Crippen LogP contribution < -0.4 is 10.2 Å². The molecule has 1 aliphatic rings. The molecule has 1 N–H and O–H groups in total. The highest BCUT2D eigenvalue weighted by atomic mass is 79.9. The summed E-state index contributed by atoms with van der Waals surface area (Å²) >= 11 is 5.62. The minimum absolute atomic E-state index is 0.510. The summed E-state index contributed by atoms with van der Waals surface area (Å²) in [5, 5.41) is 5.68. The van der Waals surface area contributed by atoms with E-state index in [1.165, 1.54) is 27.7 Å². The van der Waals surface area contributed by atoms with Gasteiger partial charge in [0.1, 0.15) is 0 Å². The van der Waals surface area contributed by atoms with Crippen molar-refractivity contribution >= 4 is 33.0 Å². The van der Waals surface area contributed by atoms with Gasteiger partial charge in [-0.1, -0.05) is 35.8 Å². The van der Waals surface area contributed by atoms with Crippen LogP contribution in [0, 0.1) is 0 Å². The summed E-state index contributed by atoms with van der Waals surface area (Å²) in [6, 6.07) is 9.52. The van der Waals surface area contributed by atoms with Gasteiger partial charge >= 0.3 is 0 Å². The SMILES string of the molecule is CC(C)NCc1ccc(N2CCc3sccc3C2)cc1Br. The minimum Gasteiger partial charge on any atom is -0.367 e. The monoisotopic (exact) mass is 364 g/mol. The summed E-state index contributed by atoms with van der Waals surface area (Å²) in [6.45, 7) is 7.41. The molecule has 0 aliphatic carbocycles. The van der Waals surface area contributed by atoms with Crippen molar-refractivity contribution in [2.45, 2.75) is 39.4 Å². The first-order chi connectivity index (χ1) is 10.1. The Labute approximate surface area is 139 Å². The van der Waals surface area contributed by atoms with E-state index in [0.29, 0.717) is 6.04 Å². The van der Waals surface area contributed by atoms with E-state index in [2.05, 4.69) is 69.6 Å². The summed E-state index contributed by atoms with van der Waals surface area (Å²) in [5.74, 6) is 0. The molecule has 3 rings (SSSR count). The predicted molar refractivity (Wildman–Crippen MR) is 95.2 cm³/mol. The summed E-state index contributed by atoms with van der Waals surface area (Å²) in [5.41, 5.74) is 4.13. The van der Waals surface area contributed by atoms with Crippen molar-refractivity contribution in [3.63, 3.8) is 0 Å². The molecule has 112 valence electrons. The maximum absolute atomic E-state index is 3.72. The number of halogens is 1. The molecule has 0 saturated carbocycles. The summed E-state index contributed by atoms with van der Waals surface area (Å²) in [4.78, 5) is 4.03. The highest BCUT2D eigenvalue weighted by Gasteiger charge is 2.18. The van der Waals surface area contributed by atoms with Crippen LogP contribution >= 0.6 is 27.3 Å². The Morgan fingerprint density at radius 3 is 2.95 bits per heavy atom. The number of rotatable bonds is 4. The Balaban J connectivity index is 1.73. The fourth-order valence-corrected chi connectivity index (χ4v) is 4.06. The van der Waals surface area contributed by atoms with Gasteiger partial charge in [-0.25, -0.2) is 0 Å². The first-order valence-corrected chi connectivity index (χ1v) is 9.13. The van der Waals surface area contributed by atoms with Gasteiger partial charge < -0.3 is 10.2 Å². The zero-order chi connectivity index (χ0) is 14.8. The van der Waals surface area contributed by atoms with Gasteiger partial charge in [-0.05, 0) is 41.1 Å². The highest BCUT2D eigenvalue weighted by molar-refractivity contribution is 9.10. The molecule has 0 saturated heterocycles. The van der Waals surface area contributed by atoms with Crippen molar-refractivity contribution in [1.82, 2.24) is 5.32 Å². The molecule has 2 nitrogen and oxygen atoms in total. The molecule has 1 aromatic heterocycles. The Bertz CT molecular complexity index is 621. The first kappa shape index (κ1) is 15.1. The molecule has 0 spiro atoms. The van der Waals surface area contributed by atoms with Crippen LogP contribution in [0.5, 0.6) is 0 Å². The van der Waals surface area contributed by atoms with E-state index in [1.807, 2.05) is 11.3 Å². The van der Waals surface area contributed by atoms with Gasteiger partial charge in [0.25, 0.3) is 0 Å². The lowest BCUT2D eigenvalue weighted by Crippen LogP contribution is -2.29. The number of thiophene rings is 1. The van der Waals surface area contributed by atoms with Crippen LogP contribution in [-0.4, -0.2) is 12.6 Å². The highest BCUT2D eigenvalue weighted by Crippen LogP contribution is 2.30. The molecule has 4 heteroatoms. The van der Waals surface area contributed by atoms with E-state index < -0.39 is 0 Å². The van der Waals surface area contributed by atoms with Gasteiger partial charge in [-0.3, -0.25) is 0 Å². The quantitative estimate of drug-likeness (QED) is 0.854. The van der Waals surface area contributed by atoms with Crippen molar-refractivity contribution in [1.29, 1.82) is 0 Å². The zero-order valence-electron chi connectivity index (χ0n) is 12.5. The van der Waals surface area contributed by atoms with Crippen LogP contribution in [0.3, 0.4) is 0 Å². The van der Waals surface area contributed by atoms with Gasteiger partial charge in [-0.2, -0.15) is 0 Å². The third kappa shape index (κ3) is 3.50. The lowest BCUT2D eigenvalue weighted by molar-refractivity contribution is 0.588. The van der Waals surface area contributed by atoms with Crippen LogP contribution in [0.15, 0.2) is 34.1 Å².